The van der Waals surface area contributed by atoms with Crippen LogP contribution in [0.1, 0.15) is 47.8 Å². The zero-order valence-electron chi connectivity index (χ0n) is 12.8. The fraction of sp³-hybridized carbons (Fsp3) is 0.412. The van der Waals surface area contributed by atoms with Crippen molar-refractivity contribution in [2.75, 3.05) is 13.2 Å². The van der Waals surface area contributed by atoms with Crippen LogP contribution in [0.25, 0.3) is 0 Å². The standard InChI is InChI=1S/C17H20FN3O2/c18-13-5-7-14(8-6-13)23-10-2-1-9-19-17(22)16-11-15(20-21-16)12-3-4-12/h5-8,11-12H,1-4,9-10H2,(H,19,22)(H,20,21). The number of aromatic amines is 1. The minimum atomic E-state index is -0.275. The molecular weight excluding hydrogens is 297 g/mol. The third-order valence-corrected chi connectivity index (χ3v) is 3.79. The SMILES string of the molecule is O=C(NCCCCOc1ccc(F)cc1)c1cc(C2CC2)[nH]n1. The fourth-order valence-corrected chi connectivity index (χ4v) is 2.30. The molecule has 0 atom stereocenters. The molecule has 0 unspecified atom stereocenters. The number of hydrogen-bond acceptors (Lipinski definition) is 3. The average molecular weight is 317 g/mol. The van der Waals surface area contributed by atoms with Gasteiger partial charge in [0.1, 0.15) is 17.3 Å². The summed E-state index contributed by atoms with van der Waals surface area (Å²) in [6.07, 6.45) is 3.98. The van der Waals surface area contributed by atoms with Crippen molar-refractivity contribution >= 4 is 5.91 Å². The first-order chi connectivity index (χ1) is 11.2. The molecule has 122 valence electrons. The van der Waals surface area contributed by atoms with E-state index in [1.54, 1.807) is 12.1 Å². The zero-order chi connectivity index (χ0) is 16.1. The molecule has 23 heavy (non-hydrogen) atoms. The summed E-state index contributed by atoms with van der Waals surface area (Å²) in [5, 5.41) is 9.82. The molecule has 0 aliphatic heterocycles. The van der Waals surface area contributed by atoms with Crippen molar-refractivity contribution in [3.05, 3.63) is 47.5 Å². The van der Waals surface area contributed by atoms with Crippen LogP contribution < -0.4 is 10.1 Å². The number of unbranched alkanes of at least 4 members (excludes halogenated alkanes) is 1. The number of benzene rings is 1. The van der Waals surface area contributed by atoms with Crippen molar-refractivity contribution in [3.8, 4) is 5.75 Å². The summed E-state index contributed by atoms with van der Waals surface area (Å²) in [5.74, 6) is 0.795. The zero-order valence-corrected chi connectivity index (χ0v) is 12.8. The predicted molar refractivity (Wildman–Crippen MR) is 84.0 cm³/mol. The molecule has 0 radical (unpaired) electrons. The summed E-state index contributed by atoms with van der Waals surface area (Å²) in [6, 6.07) is 7.79. The van der Waals surface area contributed by atoms with Crippen molar-refractivity contribution < 1.29 is 13.9 Å². The second-order valence-electron chi connectivity index (χ2n) is 5.75. The summed E-state index contributed by atoms with van der Waals surface area (Å²) in [5.41, 5.74) is 1.51. The van der Waals surface area contributed by atoms with Gasteiger partial charge in [-0.15, -0.1) is 0 Å². The lowest BCUT2D eigenvalue weighted by atomic mass is 10.2. The molecule has 1 aromatic heterocycles. The molecule has 1 saturated carbocycles. The smallest absolute Gasteiger partial charge is 0.271 e. The van der Waals surface area contributed by atoms with E-state index < -0.39 is 0 Å². The second-order valence-corrected chi connectivity index (χ2v) is 5.75. The number of rotatable bonds is 8. The van der Waals surface area contributed by atoms with E-state index in [1.807, 2.05) is 6.07 Å². The summed E-state index contributed by atoms with van der Waals surface area (Å²) >= 11 is 0. The Labute approximate surface area is 134 Å². The number of nitrogens with one attached hydrogen (secondary N) is 2. The van der Waals surface area contributed by atoms with Crippen molar-refractivity contribution in [3.63, 3.8) is 0 Å². The molecule has 2 aromatic rings. The van der Waals surface area contributed by atoms with E-state index in [9.17, 15) is 9.18 Å². The first-order valence-corrected chi connectivity index (χ1v) is 7.94. The number of carbonyl (C=O) groups is 1. The third kappa shape index (κ3) is 4.55. The highest BCUT2D eigenvalue weighted by molar-refractivity contribution is 5.92. The van der Waals surface area contributed by atoms with Crippen LogP contribution in [0.5, 0.6) is 5.75 Å². The number of halogens is 1. The third-order valence-electron chi connectivity index (χ3n) is 3.79. The van der Waals surface area contributed by atoms with Crippen LogP contribution in [0.2, 0.25) is 0 Å². The minimum absolute atomic E-state index is 0.146. The first-order valence-electron chi connectivity index (χ1n) is 7.94. The molecule has 1 fully saturated rings. The van der Waals surface area contributed by atoms with Gasteiger partial charge in [0, 0.05) is 18.2 Å². The van der Waals surface area contributed by atoms with E-state index in [0.29, 0.717) is 30.5 Å². The highest BCUT2D eigenvalue weighted by atomic mass is 19.1. The van der Waals surface area contributed by atoms with Crippen molar-refractivity contribution in [2.24, 2.45) is 0 Å². The molecule has 0 saturated heterocycles. The summed E-state index contributed by atoms with van der Waals surface area (Å²) in [4.78, 5) is 11.9. The lowest BCUT2D eigenvalue weighted by Gasteiger charge is -2.06. The van der Waals surface area contributed by atoms with Crippen molar-refractivity contribution in [2.45, 2.75) is 31.6 Å². The van der Waals surface area contributed by atoms with E-state index in [2.05, 4.69) is 15.5 Å². The molecule has 5 nitrogen and oxygen atoms in total. The highest BCUT2D eigenvalue weighted by Gasteiger charge is 2.26. The molecule has 1 aliphatic rings. The molecule has 2 N–H and O–H groups in total. The molecule has 1 amide bonds. The van der Waals surface area contributed by atoms with E-state index in [0.717, 1.165) is 18.5 Å². The predicted octanol–water partition coefficient (Wildman–Crippen LogP) is 3.02. The van der Waals surface area contributed by atoms with Crippen LogP contribution in [-0.4, -0.2) is 29.3 Å². The van der Waals surface area contributed by atoms with E-state index in [4.69, 9.17) is 4.74 Å². The van der Waals surface area contributed by atoms with Gasteiger partial charge in [-0.25, -0.2) is 4.39 Å². The number of ether oxygens (including phenoxy) is 1. The van der Waals surface area contributed by atoms with E-state index >= 15 is 0 Å². The molecule has 1 aromatic carbocycles. The van der Waals surface area contributed by atoms with Gasteiger partial charge in [-0.1, -0.05) is 0 Å². The van der Waals surface area contributed by atoms with Crippen molar-refractivity contribution in [1.29, 1.82) is 0 Å². The highest BCUT2D eigenvalue weighted by Crippen LogP contribution is 2.38. The molecule has 1 heterocycles. The summed E-state index contributed by atoms with van der Waals surface area (Å²) in [7, 11) is 0. The summed E-state index contributed by atoms with van der Waals surface area (Å²) < 4.78 is 18.2. The largest absolute Gasteiger partial charge is 0.494 e. The number of carbonyl (C=O) groups excluding carboxylic acids is 1. The molecule has 3 rings (SSSR count). The monoisotopic (exact) mass is 317 g/mol. The van der Waals surface area contributed by atoms with Gasteiger partial charge < -0.3 is 10.1 Å². The van der Waals surface area contributed by atoms with Crippen LogP contribution in [0.15, 0.2) is 30.3 Å². The number of aromatic nitrogens is 2. The fourth-order valence-electron chi connectivity index (χ4n) is 2.30. The first kappa shape index (κ1) is 15.5. The van der Waals surface area contributed by atoms with Gasteiger partial charge >= 0.3 is 0 Å². The van der Waals surface area contributed by atoms with Gasteiger partial charge in [-0.3, -0.25) is 9.89 Å². The molecule has 1 aliphatic carbocycles. The minimum Gasteiger partial charge on any atom is -0.494 e. The Morgan fingerprint density at radius 3 is 2.83 bits per heavy atom. The Morgan fingerprint density at radius 1 is 1.30 bits per heavy atom. The molecular formula is C17H20FN3O2. The number of nitrogens with zero attached hydrogens (tertiary/aromatic N) is 1. The van der Waals surface area contributed by atoms with E-state index in [1.165, 1.54) is 25.0 Å². The molecule has 0 spiro atoms. The Bertz CT molecular complexity index is 650. The number of amides is 1. The van der Waals surface area contributed by atoms with Crippen LogP contribution in [0.3, 0.4) is 0 Å². The van der Waals surface area contributed by atoms with E-state index in [-0.39, 0.29) is 11.7 Å². The second kappa shape index (κ2) is 7.26. The van der Waals surface area contributed by atoms with Gasteiger partial charge in [0.2, 0.25) is 0 Å². The van der Waals surface area contributed by atoms with Gasteiger partial charge in [-0.05, 0) is 56.0 Å². The maximum absolute atomic E-state index is 12.7. The Kier molecular flexibility index (Phi) is 4.90. The van der Waals surface area contributed by atoms with Crippen LogP contribution in [-0.2, 0) is 0 Å². The molecule has 6 heteroatoms. The Morgan fingerprint density at radius 2 is 2.09 bits per heavy atom. The normalized spacial score (nSPS) is 13.8. The van der Waals surface area contributed by atoms with Crippen LogP contribution in [0.4, 0.5) is 4.39 Å². The van der Waals surface area contributed by atoms with Crippen LogP contribution >= 0.6 is 0 Å². The lowest BCUT2D eigenvalue weighted by molar-refractivity contribution is 0.0947. The Hall–Kier alpha value is -2.37. The lowest BCUT2D eigenvalue weighted by Crippen LogP contribution is -2.25. The van der Waals surface area contributed by atoms with Crippen molar-refractivity contribution in [1.82, 2.24) is 15.5 Å². The number of hydrogen-bond donors (Lipinski definition) is 2. The maximum Gasteiger partial charge on any atom is 0.271 e. The van der Waals surface area contributed by atoms with Gasteiger partial charge in [0.15, 0.2) is 0 Å². The quantitative estimate of drug-likeness (QED) is 0.736. The topological polar surface area (TPSA) is 67.0 Å². The maximum atomic E-state index is 12.7. The Balaban J connectivity index is 1.30. The van der Waals surface area contributed by atoms with Gasteiger partial charge in [0.25, 0.3) is 5.91 Å². The average Bonchev–Trinajstić information content (AvgIpc) is 3.29. The van der Waals surface area contributed by atoms with Crippen LogP contribution in [0, 0.1) is 5.82 Å². The molecule has 0 bridgehead atoms. The number of H-pyrrole nitrogens is 1. The van der Waals surface area contributed by atoms with Gasteiger partial charge in [-0.2, -0.15) is 5.10 Å². The summed E-state index contributed by atoms with van der Waals surface area (Å²) in [6.45, 7) is 1.12. The van der Waals surface area contributed by atoms with Gasteiger partial charge in [0.05, 0.1) is 6.61 Å².